The maximum atomic E-state index is 12.2. The van der Waals surface area contributed by atoms with Crippen LogP contribution in [0.3, 0.4) is 0 Å². The van der Waals surface area contributed by atoms with Gasteiger partial charge in [0.2, 0.25) is 17.7 Å². The van der Waals surface area contributed by atoms with Gasteiger partial charge in [0.15, 0.2) is 0 Å². The molecule has 0 spiro atoms. The van der Waals surface area contributed by atoms with Gasteiger partial charge in [0.05, 0.1) is 0 Å². The topological polar surface area (TPSA) is 57.7 Å². The van der Waals surface area contributed by atoms with Crippen molar-refractivity contribution in [3.63, 3.8) is 0 Å². The van der Waals surface area contributed by atoms with Crippen LogP contribution in [0.4, 0.5) is 0 Å². The quantitative estimate of drug-likeness (QED) is 0.794. The van der Waals surface area contributed by atoms with Gasteiger partial charge in [0.1, 0.15) is 6.54 Å². The summed E-state index contributed by atoms with van der Waals surface area (Å²) in [5.74, 6) is -0.640. The summed E-state index contributed by atoms with van der Waals surface area (Å²) in [5.41, 5.74) is 2.41. The van der Waals surface area contributed by atoms with Crippen molar-refractivity contribution >= 4 is 23.3 Å². The first kappa shape index (κ1) is 14.5. The van der Waals surface area contributed by atoms with Crippen molar-refractivity contribution in [2.75, 3.05) is 19.6 Å². The van der Waals surface area contributed by atoms with Gasteiger partial charge in [-0.15, -0.1) is 0 Å². The SMILES string of the molecule is O=C(CN1C(=O)CCC1=O)N1CC=C(c2ccccc2)CC1. The fourth-order valence-corrected chi connectivity index (χ4v) is 2.84. The summed E-state index contributed by atoms with van der Waals surface area (Å²) in [6.07, 6.45) is 3.29. The molecule has 0 aromatic heterocycles. The first-order valence-electron chi connectivity index (χ1n) is 7.50. The van der Waals surface area contributed by atoms with Crippen molar-refractivity contribution in [1.82, 2.24) is 9.80 Å². The van der Waals surface area contributed by atoms with Crippen LogP contribution < -0.4 is 0 Å². The van der Waals surface area contributed by atoms with Crippen molar-refractivity contribution < 1.29 is 14.4 Å². The molecule has 5 heteroatoms. The summed E-state index contributed by atoms with van der Waals surface area (Å²) in [5, 5.41) is 0. The van der Waals surface area contributed by atoms with Gasteiger partial charge in [-0.3, -0.25) is 19.3 Å². The molecule has 0 aliphatic carbocycles. The first-order valence-corrected chi connectivity index (χ1v) is 7.50. The lowest BCUT2D eigenvalue weighted by Crippen LogP contribution is -2.43. The second-order valence-corrected chi connectivity index (χ2v) is 5.56. The van der Waals surface area contributed by atoms with Crippen LogP contribution in [0.2, 0.25) is 0 Å². The zero-order chi connectivity index (χ0) is 15.5. The Morgan fingerprint density at radius 1 is 1.00 bits per heavy atom. The summed E-state index contributed by atoms with van der Waals surface area (Å²) in [6.45, 7) is 1.03. The Balaban J connectivity index is 1.61. The van der Waals surface area contributed by atoms with E-state index in [1.165, 1.54) is 11.1 Å². The highest BCUT2D eigenvalue weighted by atomic mass is 16.2. The molecule has 0 unspecified atom stereocenters. The maximum absolute atomic E-state index is 12.2. The maximum Gasteiger partial charge on any atom is 0.243 e. The molecule has 3 amide bonds. The smallest absolute Gasteiger partial charge is 0.243 e. The van der Waals surface area contributed by atoms with Crippen LogP contribution in [-0.4, -0.2) is 47.2 Å². The van der Waals surface area contributed by atoms with E-state index in [0.29, 0.717) is 13.1 Å². The Morgan fingerprint density at radius 3 is 2.27 bits per heavy atom. The fourth-order valence-electron chi connectivity index (χ4n) is 2.84. The van der Waals surface area contributed by atoms with E-state index in [2.05, 4.69) is 12.1 Å². The van der Waals surface area contributed by atoms with E-state index in [4.69, 9.17) is 0 Å². The lowest BCUT2D eigenvalue weighted by Gasteiger charge is -2.28. The molecular formula is C17H18N2O3. The summed E-state index contributed by atoms with van der Waals surface area (Å²) < 4.78 is 0. The molecule has 0 bridgehead atoms. The minimum Gasteiger partial charge on any atom is -0.337 e. The van der Waals surface area contributed by atoms with Gasteiger partial charge in [-0.2, -0.15) is 0 Å². The highest BCUT2D eigenvalue weighted by Crippen LogP contribution is 2.22. The predicted octanol–water partition coefficient (Wildman–Crippen LogP) is 1.45. The monoisotopic (exact) mass is 298 g/mol. The number of likely N-dealkylation sites (tertiary alicyclic amines) is 1. The summed E-state index contributed by atoms with van der Waals surface area (Å²) in [4.78, 5) is 38.1. The van der Waals surface area contributed by atoms with Crippen LogP contribution >= 0.6 is 0 Å². The number of rotatable bonds is 3. The highest BCUT2D eigenvalue weighted by molar-refractivity contribution is 6.04. The molecule has 0 saturated carbocycles. The minimum absolute atomic E-state index is 0.119. The van der Waals surface area contributed by atoms with Crippen LogP contribution in [0.15, 0.2) is 36.4 Å². The number of hydrogen-bond donors (Lipinski definition) is 0. The standard InChI is InChI=1S/C17H18N2O3/c20-15-6-7-16(21)19(15)12-17(22)18-10-8-14(9-11-18)13-4-2-1-3-5-13/h1-5,8H,6-7,9-12H2. The van der Waals surface area contributed by atoms with Crippen LogP contribution in [0.1, 0.15) is 24.8 Å². The number of amides is 3. The predicted molar refractivity (Wildman–Crippen MR) is 81.6 cm³/mol. The van der Waals surface area contributed by atoms with Crippen molar-refractivity contribution in [1.29, 1.82) is 0 Å². The van der Waals surface area contributed by atoms with Gasteiger partial charge in [-0.1, -0.05) is 36.4 Å². The zero-order valence-corrected chi connectivity index (χ0v) is 12.3. The Hall–Kier alpha value is -2.43. The molecule has 5 nitrogen and oxygen atoms in total. The second-order valence-electron chi connectivity index (χ2n) is 5.56. The van der Waals surface area contributed by atoms with Gasteiger partial charge in [-0.05, 0) is 17.6 Å². The van der Waals surface area contributed by atoms with Crippen molar-refractivity contribution in [2.24, 2.45) is 0 Å². The zero-order valence-electron chi connectivity index (χ0n) is 12.3. The minimum atomic E-state index is -0.240. The number of benzene rings is 1. The van der Waals surface area contributed by atoms with E-state index in [9.17, 15) is 14.4 Å². The second kappa shape index (κ2) is 6.13. The third-order valence-electron chi connectivity index (χ3n) is 4.15. The number of carbonyl (C=O) groups excluding carboxylic acids is 3. The lowest BCUT2D eigenvalue weighted by molar-refractivity contribution is -0.145. The molecular weight excluding hydrogens is 280 g/mol. The van der Waals surface area contributed by atoms with Crippen molar-refractivity contribution in [3.05, 3.63) is 42.0 Å². The molecule has 1 aromatic rings. The number of nitrogens with zero attached hydrogens (tertiary/aromatic N) is 2. The van der Waals surface area contributed by atoms with Crippen LogP contribution in [0, 0.1) is 0 Å². The normalized spacial score (nSPS) is 18.6. The van der Waals surface area contributed by atoms with E-state index < -0.39 is 0 Å². The summed E-state index contributed by atoms with van der Waals surface area (Å²) in [7, 11) is 0. The van der Waals surface area contributed by atoms with Crippen molar-refractivity contribution in [2.45, 2.75) is 19.3 Å². The molecule has 2 aliphatic rings. The van der Waals surface area contributed by atoms with Gasteiger partial charge in [-0.25, -0.2) is 0 Å². The summed E-state index contributed by atoms with van der Waals surface area (Å²) in [6, 6.07) is 10.1. The molecule has 0 N–H and O–H groups in total. The van der Waals surface area contributed by atoms with E-state index in [-0.39, 0.29) is 37.1 Å². The first-order chi connectivity index (χ1) is 10.6. The van der Waals surface area contributed by atoms with Crippen molar-refractivity contribution in [3.8, 4) is 0 Å². The summed E-state index contributed by atoms with van der Waals surface area (Å²) >= 11 is 0. The number of carbonyl (C=O) groups is 3. The molecule has 1 aromatic carbocycles. The molecule has 114 valence electrons. The van der Waals surface area contributed by atoms with Gasteiger partial charge in [0.25, 0.3) is 0 Å². The van der Waals surface area contributed by atoms with Gasteiger partial charge < -0.3 is 4.90 Å². The number of imide groups is 1. The average Bonchev–Trinajstić information content (AvgIpc) is 2.88. The van der Waals surface area contributed by atoms with Gasteiger partial charge >= 0.3 is 0 Å². The Morgan fingerprint density at radius 2 is 1.68 bits per heavy atom. The Bertz CT molecular complexity index is 621. The number of hydrogen-bond acceptors (Lipinski definition) is 3. The molecule has 3 rings (SSSR count). The van der Waals surface area contributed by atoms with E-state index >= 15 is 0 Å². The van der Waals surface area contributed by atoms with E-state index in [0.717, 1.165) is 11.3 Å². The highest BCUT2D eigenvalue weighted by Gasteiger charge is 2.32. The van der Waals surface area contributed by atoms with Crippen LogP contribution in [-0.2, 0) is 14.4 Å². The van der Waals surface area contributed by atoms with Gasteiger partial charge in [0, 0.05) is 25.9 Å². The van der Waals surface area contributed by atoms with E-state index in [1.807, 2.05) is 24.3 Å². The molecule has 1 saturated heterocycles. The molecule has 0 radical (unpaired) electrons. The van der Waals surface area contributed by atoms with Crippen LogP contribution in [0.5, 0.6) is 0 Å². The molecule has 1 fully saturated rings. The third-order valence-corrected chi connectivity index (χ3v) is 4.15. The molecule has 0 atom stereocenters. The largest absolute Gasteiger partial charge is 0.337 e. The lowest BCUT2D eigenvalue weighted by atomic mass is 9.99. The third kappa shape index (κ3) is 2.93. The Kier molecular flexibility index (Phi) is 4.04. The average molecular weight is 298 g/mol. The fraction of sp³-hybridized carbons (Fsp3) is 0.353. The molecule has 22 heavy (non-hydrogen) atoms. The van der Waals surface area contributed by atoms with E-state index in [1.54, 1.807) is 4.90 Å². The molecule has 2 heterocycles. The van der Waals surface area contributed by atoms with Crippen LogP contribution in [0.25, 0.3) is 5.57 Å². The Labute approximate surface area is 129 Å². The molecule has 2 aliphatic heterocycles.